The number of aliphatic hydroxyl groups is 1. The topological polar surface area (TPSA) is 61.8 Å². The first-order valence-electron chi connectivity index (χ1n) is 4.25. The lowest BCUT2D eigenvalue weighted by atomic mass is 10.3. The molecule has 0 saturated heterocycles. The summed E-state index contributed by atoms with van der Waals surface area (Å²) in [6.07, 6.45) is 0.875. The highest BCUT2D eigenvalue weighted by atomic mass is 16.2. The summed E-state index contributed by atoms with van der Waals surface area (Å²) in [6, 6.07) is 7.74. The van der Waals surface area contributed by atoms with Crippen LogP contribution in [0.15, 0.2) is 24.3 Å². The Morgan fingerprint density at radius 2 is 2.08 bits per heavy atom. The van der Waals surface area contributed by atoms with E-state index >= 15 is 0 Å². The number of nitrogens with one attached hydrogen (secondary N) is 1. The smallest absolute Gasteiger partial charge is 0.112 e. The van der Waals surface area contributed by atoms with Gasteiger partial charge in [0, 0.05) is 6.61 Å². The van der Waals surface area contributed by atoms with E-state index in [0.29, 0.717) is 6.61 Å². The first-order chi connectivity index (χ1) is 6.38. The number of H-pyrrole nitrogens is 1. The summed E-state index contributed by atoms with van der Waals surface area (Å²) < 4.78 is 0. The van der Waals surface area contributed by atoms with Crippen molar-refractivity contribution in [1.82, 2.24) is 15.4 Å². The molecule has 2 rings (SSSR count). The van der Waals surface area contributed by atoms with Crippen LogP contribution >= 0.6 is 0 Å². The predicted molar refractivity (Wildman–Crippen MR) is 51.3 cm³/mol. The SMILES string of the molecule is CCCO.c1ccc2[nH]nnc2c1. The number of rotatable bonds is 1. The van der Waals surface area contributed by atoms with Gasteiger partial charge in [-0.25, -0.2) is 0 Å². The van der Waals surface area contributed by atoms with Crippen molar-refractivity contribution in [1.29, 1.82) is 0 Å². The van der Waals surface area contributed by atoms with Gasteiger partial charge in [0.15, 0.2) is 0 Å². The minimum atomic E-state index is 0.319. The molecule has 2 aromatic rings. The fourth-order valence-electron chi connectivity index (χ4n) is 0.788. The van der Waals surface area contributed by atoms with Gasteiger partial charge in [-0.3, -0.25) is 5.10 Å². The Kier molecular flexibility index (Phi) is 3.92. The highest BCUT2D eigenvalue weighted by Crippen LogP contribution is 2.03. The molecule has 0 spiro atoms. The van der Waals surface area contributed by atoms with Crippen LogP contribution in [0.1, 0.15) is 13.3 Å². The second kappa shape index (κ2) is 5.27. The molecule has 2 N–H and O–H groups in total. The predicted octanol–water partition coefficient (Wildman–Crippen LogP) is 1.35. The van der Waals surface area contributed by atoms with Gasteiger partial charge < -0.3 is 5.11 Å². The van der Waals surface area contributed by atoms with Crippen molar-refractivity contribution >= 4 is 11.0 Å². The maximum absolute atomic E-state index is 7.88. The molecule has 0 aliphatic heterocycles. The lowest BCUT2D eigenvalue weighted by molar-refractivity contribution is 0.295. The second-order valence-corrected chi connectivity index (χ2v) is 2.55. The van der Waals surface area contributed by atoms with E-state index in [2.05, 4.69) is 15.4 Å². The molecule has 4 heteroatoms. The third-order valence-electron chi connectivity index (χ3n) is 1.46. The summed E-state index contributed by atoms with van der Waals surface area (Å²) in [5.74, 6) is 0. The van der Waals surface area contributed by atoms with Crippen LogP contribution in [0, 0.1) is 0 Å². The maximum Gasteiger partial charge on any atom is 0.112 e. The van der Waals surface area contributed by atoms with Crippen molar-refractivity contribution in [3.63, 3.8) is 0 Å². The number of benzene rings is 1. The molecule has 1 heterocycles. The molecular formula is C9H13N3O. The van der Waals surface area contributed by atoms with E-state index in [1.807, 2.05) is 31.2 Å². The zero-order chi connectivity index (χ0) is 9.52. The molecule has 0 aliphatic carbocycles. The molecule has 4 nitrogen and oxygen atoms in total. The van der Waals surface area contributed by atoms with Gasteiger partial charge >= 0.3 is 0 Å². The van der Waals surface area contributed by atoms with Gasteiger partial charge in [0.05, 0.1) is 5.52 Å². The maximum atomic E-state index is 7.88. The van der Waals surface area contributed by atoms with E-state index in [1.54, 1.807) is 0 Å². The highest BCUT2D eigenvalue weighted by molar-refractivity contribution is 5.72. The summed E-state index contributed by atoms with van der Waals surface area (Å²) >= 11 is 0. The average Bonchev–Trinajstić information content (AvgIpc) is 2.66. The highest BCUT2D eigenvalue weighted by Gasteiger charge is 1.90. The van der Waals surface area contributed by atoms with Crippen LogP contribution in [0.3, 0.4) is 0 Å². The summed E-state index contributed by atoms with van der Waals surface area (Å²) in [6.45, 7) is 2.25. The van der Waals surface area contributed by atoms with Crippen LogP contribution in [0.2, 0.25) is 0 Å². The van der Waals surface area contributed by atoms with E-state index < -0.39 is 0 Å². The number of aromatic nitrogens is 3. The van der Waals surface area contributed by atoms with Gasteiger partial charge in [-0.2, -0.15) is 0 Å². The van der Waals surface area contributed by atoms with Gasteiger partial charge in [0.1, 0.15) is 5.52 Å². The van der Waals surface area contributed by atoms with Gasteiger partial charge in [-0.15, -0.1) is 5.10 Å². The molecule has 0 aliphatic rings. The fourth-order valence-corrected chi connectivity index (χ4v) is 0.788. The number of hydrogen-bond acceptors (Lipinski definition) is 3. The Bertz CT molecular complexity index is 313. The summed E-state index contributed by atoms with van der Waals surface area (Å²) in [7, 11) is 0. The Balaban J connectivity index is 0.000000184. The largest absolute Gasteiger partial charge is 0.396 e. The van der Waals surface area contributed by atoms with Gasteiger partial charge in [0.25, 0.3) is 0 Å². The Morgan fingerprint density at radius 3 is 2.69 bits per heavy atom. The van der Waals surface area contributed by atoms with Gasteiger partial charge in [-0.1, -0.05) is 24.3 Å². The second-order valence-electron chi connectivity index (χ2n) is 2.55. The van der Waals surface area contributed by atoms with Crippen molar-refractivity contribution in [2.75, 3.05) is 6.61 Å². The van der Waals surface area contributed by atoms with Crippen molar-refractivity contribution in [2.45, 2.75) is 13.3 Å². The molecule has 0 amide bonds. The van der Waals surface area contributed by atoms with Crippen LogP contribution in [-0.4, -0.2) is 27.1 Å². The lowest BCUT2D eigenvalue weighted by Gasteiger charge is -1.79. The molecule has 13 heavy (non-hydrogen) atoms. The van der Waals surface area contributed by atoms with Crippen molar-refractivity contribution in [3.8, 4) is 0 Å². The summed E-state index contributed by atoms with van der Waals surface area (Å²) in [5, 5.41) is 18.1. The van der Waals surface area contributed by atoms with Crippen molar-refractivity contribution in [2.24, 2.45) is 0 Å². The Hall–Kier alpha value is -1.42. The molecule has 0 atom stereocenters. The van der Waals surface area contributed by atoms with Crippen molar-refractivity contribution in [3.05, 3.63) is 24.3 Å². The lowest BCUT2D eigenvalue weighted by Crippen LogP contribution is -1.69. The molecule has 0 radical (unpaired) electrons. The molecule has 70 valence electrons. The van der Waals surface area contributed by atoms with Crippen molar-refractivity contribution < 1.29 is 5.11 Å². The summed E-state index contributed by atoms with van der Waals surface area (Å²) in [4.78, 5) is 0. The third-order valence-corrected chi connectivity index (χ3v) is 1.46. The molecular weight excluding hydrogens is 166 g/mol. The number of nitrogens with zero attached hydrogens (tertiary/aromatic N) is 2. The monoisotopic (exact) mass is 179 g/mol. The number of fused-ring (bicyclic) bond motifs is 1. The summed E-state index contributed by atoms with van der Waals surface area (Å²) in [5.41, 5.74) is 1.90. The molecule has 1 aromatic heterocycles. The Morgan fingerprint density at radius 1 is 1.38 bits per heavy atom. The molecule has 0 bridgehead atoms. The van der Waals surface area contributed by atoms with Crippen LogP contribution in [0.25, 0.3) is 11.0 Å². The number of aliphatic hydroxyl groups excluding tert-OH is 1. The van der Waals surface area contributed by atoms with Crippen LogP contribution in [-0.2, 0) is 0 Å². The zero-order valence-electron chi connectivity index (χ0n) is 7.57. The molecule has 1 aromatic carbocycles. The average molecular weight is 179 g/mol. The minimum absolute atomic E-state index is 0.319. The molecule has 0 fully saturated rings. The normalized spacial score (nSPS) is 9.38. The number of hydrogen-bond donors (Lipinski definition) is 2. The quantitative estimate of drug-likeness (QED) is 0.694. The number of aromatic amines is 1. The van der Waals surface area contributed by atoms with Gasteiger partial charge in [-0.05, 0) is 18.6 Å². The Labute approximate surface area is 76.6 Å². The van der Waals surface area contributed by atoms with E-state index in [4.69, 9.17) is 5.11 Å². The van der Waals surface area contributed by atoms with Crippen LogP contribution in [0.5, 0.6) is 0 Å². The molecule has 0 unspecified atom stereocenters. The standard InChI is InChI=1S/C6H5N3.C3H8O/c1-2-4-6-5(3-1)7-9-8-6;1-2-3-4/h1-4H,(H,7,8,9);4H,2-3H2,1H3. The van der Waals surface area contributed by atoms with E-state index in [-0.39, 0.29) is 0 Å². The van der Waals surface area contributed by atoms with Crippen LogP contribution < -0.4 is 0 Å². The minimum Gasteiger partial charge on any atom is -0.396 e. The molecule has 0 saturated carbocycles. The van der Waals surface area contributed by atoms with E-state index in [1.165, 1.54) is 0 Å². The zero-order valence-corrected chi connectivity index (χ0v) is 7.57. The number of para-hydroxylation sites is 1. The van der Waals surface area contributed by atoms with Crippen LogP contribution in [0.4, 0.5) is 0 Å². The first kappa shape index (κ1) is 9.67. The first-order valence-corrected chi connectivity index (χ1v) is 4.25. The third kappa shape index (κ3) is 2.83. The van der Waals surface area contributed by atoms with E-state index in [0.717, 1.165) is 17.5 Å². The fraction of sp³-hybridized carbons (Fsp3) is 0.333. The van der Waals surface area contributed by atoms with E-state index in [9.17, 15) is 0 Å². The van der Waals surface area contributed by atoms with Gasteiger partial charge in [0.2, 0.25) is 0 Å².